The van der Waals surface area contributed by atoms with Crippen molar-refractivity contribution in [3.8, 4) is 0 Å². The molecule has 0 unspecified atom stereocenters. The van der Waals surface area contributed by atoms with Gasteiger partial charge in [-0.15, -0.1) is 0 Å². The molecule has 2 saturated heterocycles. The van der Waals surface area contributed by atoms with Crippen molar-refractivity contribution in [1.82, 2.24) is 14.9 Å². The zero-order valence-corrected chi connectivity index (χ0v) is 12.2. The molecule has 2 aliphatic heterocycles. The van der Waals surface area contributed by atoms with Crippen LogP contribution >= 0.6 is 11.6 Å². The van der Waals surface area contributed by atoms with Gasteiger partial charge in [0, 0.05) is 19.1 Å². The molecule has 0 amide bonds. The van der Waals surface area contributed by atoms with E-state index in [2.05, 4.69) is 19.8 Å². The number of piperidine rings is 1. The average Bonchev–Trinajstić information content (AvgIpc) is 2.96. The first-order valence-electron chi connectivity index (χ1n) is 7.22. The third-order valence-electron chi connectivity index (χ3n) is 4.27. The minimum Gasteiger partial charge on any atom is -0.355 e. The second-order valence-electron chi connectivity index (χ2n) is 5.55. The summed E-state index contributed by atoms with van der Waals surface area (Å²) in [5.74, 6) is 1.70. The van der Waals surface area contributed by atoms with Crippen LogP contribution < -0.4 is 4.90 Å². The highest BCUT2D eigenvalue weighted by atomic mass is 35.5. The largest absolute Gasteiger partial charge is 0.355 e. The monoisotopic (exact) mass is 280 g/mol. The third-order valence-corrected chi connectivity index (χ3v) is 4.53. The molecule has 0 spiro atoms. The number of hydrogen-bond donors (Lipinski definition) is 0. The zero-order chi connectivity index (χ0) is 13.2. The first-order chi connectivity index (χ1) is 9.24. The van der Waals surface area contributed by atoms with Crippen LogP contribution in [0, 0.1) is 6.92 Å². The number of rotatable bonds is 2. The van der Waals surface area contributed by atoms with E-state index in [1.807, 2.05) is 6.92 Å². The zero-order valence-electron chi connectivity index (χ0n) is 11.5. The van der Waals surface area contributed by atoms with Crippen molar-refractivity contribution in [2.45, 2.75) is 38.6 Å². The molecule has 19 heavy (non-hydrogen) atoms. The van der Waals surface area contributed by atoms with Gasteiger partial charge >= 0.3 is 0 Å². The summed E-state index contributed by atoms with van der Waals surface area (Å²) in [4.78, 5) is 13.6. The van der Waals surface area contributed by atoms with Gasteiger partial charge in [0.25, 0.3) is 0 Å². The number of hydrogen-bond acceptors (Lipinski definition) is 4. The van der Waals surface area contributed by atoms with Crippen LogP contribution in [-0.2, 0) is 0 Å². The van der Waals surface area contributed by atoms with Gasteiger partial charge in [-0.2, -0.15) is 0 Å². The fourth-order valence-corrected chi connectivity index (χ4v) is 3.43. The molecule has 3 rings (SSSR count). The predicted molar refractivity (Wildman–Crippen MR) is 77.8 cm³/mol. The van der Waals surface area contributed by atoms with Crippen molar-refractivity contribution >= 4 is 17.4 Å². The van der Waals surface area contributed by atoms with Crippen molar-refractivity contribution in [1.29, 1.82) is 0 Å². The van der Waals surface area contributed by atoms with Gasteiger partial charge in [-0.3, -0.25) is 0 Å². The lowest BCUT2D eigenvalue weighted by atomic mass is 10.0. The molecule has 104 valence electrons. The maximum absolute atomic E-state index is 6.22. The van der Waals surface area contributed by atoms with E-state index >= 15 is 0 Å². The van der Waals surface area contributed by atoms with Crippen LogP contribution in [0.2, 0.25) is 5.02 Å². The number of aryl methyl sites for hydroxylation is 1. The molecule has 0 saturated carbocycles. The predicted octanol–water partition coefficient (Wildman–Crippen LogP) is 2.50. The highest BCUT2D eigenvalue weighted by molar-refractivity contribution is 6.32. The quantitative estimate of drug-likeness (QED) is 0.833. The van der Waals surface area contributed by atoms with Crippen LogP contribution in [0.3, 0.4) is 0 Å². The molecule has 0 radical (unpaired) electrons. The molecular weight excluding hydrogens is 260 g/mol. The van der Waals surface area contributed by atoms with Crippen molar-refractivity contribution in [2.24, 2.45) is 0 Å². The van der Waals surface area contributed by atoms with Gasteiger partial charge in [-0.1, -0.05) is 11.6 Å². The lowest BCUT2D eigenvalue weighted by Crippen LogP contribution is -2.44. The van der Waals surface area contributed by atoms with Crippen molar-refractivity contribution in [3.63, 3.8) is 0 Å². The first kappa shape index (κ1) is 13.1. The minimum atomic E-state index is 0.672. The second kappa shape index (κ2) is 5.63. The van der Waals surface area contributed by atoms with Crippen LogP contribution in [0.15, 0.2) is 6.20 Å². The smallest absolute Gasteiger partial charge is 0.151 e. The van der Waals surface area contributed by atoms with Crippen molar-refractivity contribution in [2.75, 3.05) is 31.1 Å². The van der Waals surface area contributed by atoms with E-state index in [0.717, 1.165) is 30.8 Å². The van der Waals surface area contributed by atoms with Gasteiger partial charge in [0.2, 0.25) is 0 Å². The maximum Gasteiger partial charge on any atom is 0.151 e. The Hall–Kier alpha value is -0.870. The highest BCUT2D eigenvalue weighted by Crippen LogP contribution is 2.27. The summed E-state index contributed by atoms with van der Waals surface area (Å²) in [5, 5.41) is 0.672. The Kier molecular flexibility index (Phi) is 3.89. The van der Waals surface area contributed by atoms with Crippen LogP contribution in [0.25, 0.3) is 0 Å². The number of nitrogens with zero attached hydrogens (tertiary/aromatic N) is 4. The van der Waals surface area contributed by atoms with Gasteiger partial charge in [-0.05, 0) is 45.7 Å². The summed E-state index contributed by atoms with van der Waals surface area (Å²) >= 11 is 6.22. The van der Waals surface area contributed by atoms with E-state index in [-0.39, 0.29) is 0 Å². The molecule has 3 heterocycles. The molecule has 4 nitrogen and oxygen atoms in total. The third kappa shape index (κ3) is 2.84. The Morgan fingerprint density at radius 2 is 1.84 bits per heavy atom. The SMILES string of the molecule is Cc1ncc(Cl)c(N2CCC(N3CCCC3)CC2)n1. The summed E-state index contributed by atoms with van der Waals surface area (Å²) in [7, 11) is 0. The summed E-state index contributed by atoms with van der Waals surface area (Å²) < 4.78 is 0. The van der Waals surface area contributed by atoms with Gasteiger partial charge in [0.1, 0.15) is 10.8 Å². The Labute approximate surface area is 119 Å². The molecule has 5 heteroatoms. The summed E-state index contributed by atoms with van der Waals surface area (Å²) in [6.45, 7) is 6.60. The second-order valence-corrected chi connectivity index (χ2v) is 5.96. The number of halogens is 1. The van der Waals surface area contributed by atoms with E-state index in [9.17, 15) is 0 Å². The van der Waals surface area contributed by atoms with E-state index < -0.39 is 0 Å². The van der Waals surface area contributed by atoms with Crippen LogP contribution in [0.4, 0.5) is 5.82 Å². The van der Waals surface area contributed by atoms with Gasteiger partial charge in [0.05, 0.1) is 6.20 Å². The topological polar surface area (TPSA) is 32.3 Å². The number of likely N-dealkylation sites (tertiary alicyclic amines) is 1. The summed E-state index contributed by atoms with van der Waals surface area (Å²) in [6.07, 6.45) is 6.90. The van der Waals surface area contributed by atoms with Crippen molar-refractivity contribution < 1.29 is 0 Å². The molecule has 0 atom stereocenters. The van der Waals surface area contributed by atoms with E-state index in [1.54, 1.807) is 6.20 Å². The number of anilines is 1. The summed E-state index contributed by atoms with van der Waals surface area (Å²) in [5.41, 5.74) is 0. The number of aromatic nitrogens is 2. The van der Waals surface area contributed by atoms with Crippen LogP contribution in [0.5, 0.6) is 0 Å². The van der Waals surface area contributed by atoms with Gasteiger partial charge in [-0.25, -0.2) is 9.97 Å². The molecule has 0 N–H and O–H groups in total. The Bertz CT molecular complexity index is 437. The maximum atomic E-state index is 6.22. The molecule has 0 bridgehead atoms. The highest BCUT2D eigenvalue weighted by Gasteiger charge is 2.27. The minimum absolute atomic E-state index is 0.672. The average molecular weight is 281 g/mol. The lowest BCUT2D eigenvalue weighted by molar-refractivity contribution is 0.207. The molecule has 1 aromatic heterocycles. The molecule has 1 aromatic rings. The standard InChI is InChI=1S/C14H21ClN4/c1-11-16-10-13(15)14(17-11)19-8-4-12(5-9-19)18-6-2-3-7-18/h10,12H,2-9H2,1H3. The molecule has 2 fully saturated rings. The summed E-state index contributed by atoms with van der Waals surface area (Å²) in [6, 6.07) is 0.764. The van der Waals surface area contributed by atoms with E-state index in [0.29, 0.717) is 5.02 Å². The Morgan fingerprint density at radius 3 is 2.53 bits per heavy atom. The molecule has 0 aliphatic carbocycles. The normalized spacial score (nSPS) is 22.1. The Balaban J connectivity index is 1.64. The van der Waals surface area contributed by atoms with Crippen LogP contribution in [-0.4, -0.2) is 47.1 Å². The van der Waals surface area contributed by atoms with E-state index in [1.165, 1.54) is 38.8 Å². The van der Waals surface area contributed by atoms with Gasteiger partial charge < -0.3 is 9.80 Å². The molecule has 0 aromatic carbocycles. The van der Waals surface area contributed by atoms with Gasteiger partial charge in [0.15, 0.2) is 5.82 Å². The van der Waals surface area contributed by atoms with Crippen molar-refractivity contribution in [3.05, 3.63) is 17.0 Å². The molecular formula is C14H21ClN4. The molecule has 2 aliphatic rings. The van der Waals surface area contributed by atoms with E-state index in [4.69, 9.17) is 11.6 Å². The lowest BCUT2D eigenvalue weighted by Gasteiger charge is -2.37. The first-order valence-corrected chi connectivity index (χ1v) is 7.60. The fraction of sp³-hybridized carbons (Fsp3) is 0.714. The Morgan fingerprint density at radius 1 is 1.16 bits per heavy atom. The fourth-order valence-electron chi connectivity index (χ4n) is 3.21. The van der Waals surface area contributed by atoms with Crippen LogP contribution in [0.1, 0.15) is 31.5 Å².